The Morgan fingerprint density at radius 3 is 1.39 bits per heavy atom. The van der Waals surface area contributed by atoms with Crippen LogP contribution in [0.25, 0.3) is 0 Å². The van der Waals surface area contributed by atoms with Gasteiger partial charge in [0.2, 0.25) is 0 Å². The number of carbonyl (C=O) groups excluding carboxylic acids is 2. The summed E-state index contributed by atoms with van der Waals surface area (Å²) in [4.78, 5) is 50.0. The summed E-state index contributed by atoms with van der Waals surface area (Å²) in [6.45, 7) is 47.5. The largest absolute Gasteiger partial charge is 0.479 e. The average Bonchev–Trinajstić information content (AvgIpc) is 3.78. The van der Waals surface area contributed by atoms with E-state index in [0.717, 1.165) is 25.0 Å². The number of carbonyl (C=O) groups is 3. The number of hydrogen-bond acceptors (Lipinski definition) is 15. The van der Waals surface area contributed by atoms with Gasteiger partial charge >= 0.3 is 19.4 Å². The second-order valence-electron chi connectivity index (χ2n) is 26.7. The van der Waals surface area contributed by atoms with Gasteiger partial charge in [0.05, 0.1) is 11.9 Å². The first-order valence-corrected chi connectivity index (χ1v) is 27.8. The van der Waals surface area contributed by atoms with E-state index in [9.17, 15) is 27.4 Å². The summed E-state index contributed by atoms with van der Waals surface area (Å²) in [7, 11) is -6.57. The van der Waals surface area contributed by atoms with Crippen LogP contribution in [0.3, 0.4) is 0 Å². The van der Waals surface area contributed by atoms with Crippen LogP contribution in [-0.2, 0) is 61.1 Å². The van der Waals surface area contributed by atoms with Crippen LogP contribution in [0, 0.1) is 37.9 Å². The van der Waals surface area contributed by atoms with Crippen molar-refractivity contribution in [1.82, 2.24) is 56.4 Å². The maximum absolute atomic E-state index is 10.8. The van der Waals surface area contributed by atoms with Crippen LogP contribution < -0.4 is 4.68 Å². The van der Waals surface area contributed by atoms with E-state index in [1.54, 1.807) is 27.7 Å². The van der Waals surface area contributed by atoms with Gasteiger partial charge in [0.15, 0.2) is 29.2 Å². The molecule has 0 amide bonds. The predicted octanol–water partition coefficient (Wildman–Crippen LogP) is 7.35. The van der Waals surface area contributed by atoms with Gasteiger partial charge in [-0.05, 0) is 63.3 Å². The zero-order chi connectivity index (χ0) is 58.1. The van der Waals surface area contributed by atoms with Crippen molar-refractivity contribution < 1.29 is 52.0 Å². The lowest BCUT2D eigenvalue weighted by Gasteiger charge is -2.17. The monoisotopic (exact) mass is 1070 g/mol. The van der Waals surface area contributed by atoms with Crippen molar-refractivity contribution >= 4 is 41.9 Å². The standard InChI is InChI=1S/C9H16N4O.C8H14N4O2.C7H14O.C6H15BO.C6H12N4.C6H14O2S.C5H13O3P/c1-7(14)6-13-11-8(10-12-13)5-9(2,3)4;1-8(2,3)4-6-9-10-11-12(6)5-7(13)14;1-6(8)5-7(2,3)4;1-6(2,3)5-7(4)8;1-6(2,3)4-5-7-9-10-8-5;1-6(2,3)5-9(4,7)8;1-5(2,3)4-9(6,7)8/h5-6H2,1-4H3;4-5H2,1-3H3,(H,13,14);5H2,1-4H3;8H,5H2,1-4H3;4H2,1-3H3,(H,7,8,9,10);5H2,1-4H3;4H2,1-3H3,(H2,6,7,8)/p+1. The number of H-pyrrole nitrogens is 2. The Morgan fingerprint density at radius 1 is 0.667 bits per heavy atom. The van der Waals surface area contributed by atoms with Gasteiger partial charge in [-0.1, -0.05) is 163 Å². The molecule has 6 N–H and O–H groups in total. The van der Waals surface area contributed by atoms with E-state index < -0.39 is 23.4 Å². The van der Waals surface area contributed by atoms with Gasteiger partial charge in [-0.15, -0.1) is 20.4 Å². The number of carboxylic acids is 1. The van der Waals surface area contributed by atoms with E-state index >= 15 is 0 Å². The van der Waals surface area contributed by atoms with Crippen molar-refractivity contribution in [3.63, 3.8) is 0 Å². The molecule has 0 unspecified atom stereocenters. The van der Waals surface area contributed by atoms with Crippen LogP contribution in [0.5, 0.6) is 0 Å². The number of nitrogens with one attached hydrogen (secondary N) is 2. The molecule has 0 spiro atoms. The Labute approximate surface area is 433 Å². The number of Topliss-reactive ketones (excluding diaryl/α,β-unsaturated/α-hetero) is 2. The molecule has 0 aromatic carbocycles. The van der Waals surface area contributed by atoms with Gasteiger partial charge in [-0.2, -0.15) is 14.7 Å². The second-order valence-corrected chi connectivity index (χ2v) is 30.5. The summed E-state index contributed by atoms with van der Waals surface area (Å²) in [5, 5.41) is 52.9. The van der Waals surface area contributed by atoms with E-state index in [4.69, 9.17) is 19.9 Å². The lowest BCUT2D eigenvalue weighted by molar-refractivity contribution is -0.751. The number of aromatic nitrogens is 12. The third-order valence-electron chi connectivity index (χ3n) is 7.31. The SMILES string of the molecule is CB(O)CC(C)(C)C.CC(=O)CC(C)(C)C.CC(=O)Cn1nnc(CC(C)(C)C)n1.CC(C)(C)CP(=O)(O)O.CC(C)(C)CS(C)(=O)=O.CC(C)(C)Cc1nn[nH][n+]1CC(=O)O.CC(C)(C)Cc1nn[nH]n1. The number of nitrogens with zero attached hydrogens (tertiary/aromatic N) is 10. The van der Waals surface area contributed by atoms with Gasteiger partial charge in [0, 0.05) is 31.9 Å². The Kier molecular flexibility index (Phi) is 33.0. The molecular weight excluding hydrogens is 966 g/mol. The van der Waals surface area contributed by atoms with Gasteiger partial charge in [-0.25, -0.2) is 13.2 Å². The number of sulfone groups is 1. The Bertz CT molecular complexity index is 2130. The maximum atomic E-state index is 10.8. The molecule has 3 rings (SSSR count). The van der Waals surface area contributed by atoms with Gasteiger partial charge in [-0.3, -0.25) is 9.36 Å². The van der Waals surface area contributed by atoms with Crippen LogP contribution in [0.1, 0.15) is 183 Å². The van der Waals surface area contributed by atoms with Crippen LogP contribution >= 0.6 is 7.60 Å². The molecule has 0 bridgehead atoms. The molecule has 0 fully saturated rings. The van der Waals surface area contributed by atoms with E-state index in [-0.39, 0.29) is 81.4 Å². The summed E-state index contributed by atoms with van der Waals surface area (Å²) in [6.07, 6.45) is 5.11. The Morgan fingerprint density at radius 2 is 1.14 bits per heavy atom. The summed E-state index contributed by atoms with van der Waals surface area (Å²) in [5.41, 5.74) is 0.512. The van der Waals surface area contributed by atoms with Crippen molar-refractivity contribution in [3.05, 3.63) is 17.5 Å². The van der Waals surface area contributed by atoms with Crippen molar-refractivity contribution in [2.45, 2.75) is 211 Å². The number of aromatic amines is 2. The number of tetrazole rings is 3. The van der Waals surface area contributed by atoms with Crippen molar-refractivity contribution in [2.24, 2.45) is 37.9 Å². The molecule has 0 aliphatic heterocycles. The molecule has 25 heteroatoms. The highest BCUT2D eigenvalue weighted by Crippen LogP contribution is 2.41. The first-order chi connectivity index (χ1) is 31.6. The fourth-order valence-corrected chi connectivity index (χ4v) is 8.78. The zero-order valence-corrected chi connectivity index (χ0v) is 50.7. The van der Waals surface area contributed by atoms with E-state index in [0.29, 0.717) is 24.5 Å². The van der Waals surface area contributed by atoms with Crippen LogP contribution in [0.4, 0.5) is 0 Å². The number of rotatable bonds is 11. The quantitative estimate of drug-likeness (QED) is 0.0621. The molecule has 3 heterocycles. The zero-order valence-electron chi connectivity index (χ0n) is 49.0. The molecular formula is C47H99BN12O10PS+. The lowest BCUT2D eigenvalue weighted by atomic mass is 9.60. The van der Waals surface area contributed by atoms with Crippen molar-refractivity contribution in [1.29, 1.82) is 0 Å². The highest BCUT2D eigenvalue weighted by atomic mass is 32.2. The fourth-order valence-electron chi connectivity index (χ4n) is 5.97. The first kappa shape index (κ1) is 74.7. The summed E-state index contributed by atoms with van der Waals surface area (Å²) in [5.74, 6) is 1.81. The van der Waals surface area contributed by atoms with Gasteiger partial charge in [0.1, 0.15) is 27.3 Å². The highest BCUT2D eigenvalue weighted by molar-refractivity contribution is 7.90. The fraction of sp³-hybridized carbons (Fsp3) is 0.872. The molecule has 3 aromatic heterocycles. The van der Waals surface area contributed by atoms with E-state index in [2.05, 4.69) is 155 Å². The van der Waals surface area contributed by atoms with Crippen LogP contribution in [-0.4, -0.2) is 127 Å². The summed E-state index contributed by atoms with van der Waals surface area (Å²) in [6, 6.07) is 0. The second kappa shape index (κ2) is 31.8. The molecule has 0 aliphatic rings. The maximum Gasteiger partial charge on any atom is 0.340 e. The third kappa shape index (κ3) is 62.3. The van der Waals surface area contributed by atoms with Crippen LogP contribution in [0.2, 0.25) is 13.1 Å². The minimum absolute atomic E-state index is 0.0321. The van der Waals surface area contributed by atoms with Gasteiger partial charge < -0.3 is 24.7 Å². The summed E-state index contributed by atoms with van der Waals surface area (Å²) >= 11 is 0. The molecule has 0 saturated heterocycles. The topological polar surface area (TPSA) is 327 Å². The molecule has 22 nitrogen and oxygen atoms in total. The lowest BCUT2D eigenvalue weighted by Crippen LogP contribution is -2.44. The molecule has 0 aliphatic carbocycles. The van der Waals surface area contributed by atoms with E-state index in [1.807, 2.05) is 27.6 Å². The van der Waals surface area contributed by atoms with Gasteiger partial charge in [0.25, 0.3) is 6.92 Å². The molecule has 0 saturated carbocycles. The smallest absolute Gasteiger partial charge is 0.340 e. The third-order valence-corrected chi connectivity index (χ3v) is 10.1. The molecule has 0 radical (unpaired) electrons. The Balaban J connectivity index is -0.000000380. The number of ketones is 2. The number of hydrogen-bond donors (Lipinski definition) is 6. The molecule has 420 valence electrons. The van der Waals surface area contributed by atoms with Crippen LogP contribution in [0.15, 0.2) is 0 Å². The minimum Gasteiger partial charge on any atom is -0.479 e. The number of aliphatic carboxylic acids is 1. The van der Waals surface area contributed by atoms with E-state index in [1.165, 1.54) is 22.7 Å². The average molecular weight is 1070 g/mol. The molecule has 0 atom stereocenters. The van der Waals surface area contributed by atoms with Crippen molar-refractivity contribution in [2.75, 3.05) is 18.2 Å². The summed E-state index contributed by atoms with van der Waals surface area (Å²) < 4.78 is 33.1. The highest BCUT2D eigenvalue weighted by Gasteiger charge is 2.25. The normalized spacial score (nSPS) is 12.2. The Hall–Kier alpha value is -3.86. The predicted molar refractivity (Wildman–Crippen MR) is 285 cm³/mol. The van der Waals surface area contributed by atoms with Crippen molar-refractivity contribution in [3.8, 4) is 0 Å². The first-order valence-electron chi connectivity index (χ1n) is 24.0. The minimum atomic E-state index is -3.79. The molecule has 72 heavy (non-hydrogen) atoms. The molecule has 3 aromatic rings. The number of carboxylic acid groups (broad SMARTS) is 1.